The van der Waals surface area contributed by atoms with Crippen LogP contribution in [0.4, 0.5) is 5.82 Å². The van der Waals surface area contributed by atoms with Crippen molar-refractivity contribution in [3.8, 4) is 11.5 Å². The largest absolute Gasteiger partial charge is 0.352 e. The van der Waals surface area contributed by atoms with Gasteiger partial charge in [0.05, 0.1) is 12.9 Å². The van der Waals surface area contributed by atoms with Crippen LogP contribution < -0.4 is 10.2 Å². The van der Waals surface area contributed by atoms with Crippen LogP contribution in [0.1, 0.15) is 43.4 Å². The number of likely N-dealkylation sites (N-methyl/N-ethyl adjacent to an activating group) is 1. The van der Waals surface area contributed by atoms with Crippen molar-refractivity contribution < 1.29 is 4.79 Å². The summed E-state index contributed by atoms with van der Waals surface area (Å²) in [4.78, 5) is 28.3. The Labute approximate surface area is 153 Å². The van der Waals surface area contributed by atoms with E-state index in [1.54, 1.807) is 6.33 Å². The van der Waals surface area contributed by atoms with Gasteiger partial charge in [-0.3, -0.25) is 4.79 Å². The first-order valence-electron chi connectivity index (χ1n) is 9.49. The molecular formula is C19H26N6O. The highest BCUT2D eigenvalue weighted by Gasteiger charge is 2.24. The van der Waals surface area contributed by atoms with Gasteiger partial charge in [0.1, 0.15) is 11.5 Å². The van der Waals surface area contributed by atoms with Gasteiger partial charge in [-0.25, -0.2) is 15.0 Å². The highest BCUT2D eigenvalue weighted by atomic mass is 16.2. The van der Waals surface area contributed by atoms with Gasteiger partial charge in [0, 0.05) is 37.6 Å². The average Bonchev–Trinajstić information content (AvgIpc) is 3.34. The summed E-state index contributed by atoms with van der Waals surface area (Å²) in [5.74, 6) is 1.59. The number of anilines is 1. The molecule has 0 aromatic carbocycles. The van der Waals surface area contributed by atoms with Gasteiger partial charge in [-0.05, 0) is 32.1 Å². The lowest BCUT2D eigenvalue weighted by molar-refractivity contribution is -0.120. The number of nitrogens with zero attached hydrogens (tertiary/aromatic N) is 5. The standard InChI is InChI=1S/C19H26N6O/c1-24-10-16(20-12-24)18-22-15-9-5-8-14(15)19(23-18)25(2)11-17(26)21-13-6-3-4-7-13/h10,12-13H,3-9,11H2,1-2H3,(H,21,26). The van der Waals surface area contributed by atoms with Crippen LogP contribution in [0.15, 0.2) is 12.5 Å². The summed E-state index contributed by atoms with van der Waals surface area (Å²) >= 11 is 0. The summed E-state index contributed by atoms with van der Waals surface area (Å²) < 4.78 is 1.89. The van der Waals surface area contributed by atoms with Crippen molar-refractivity contribution in [2.45, 2.75) is 51.0 Å². The lowest BCUT2D eigenvalue weighted by atomic mass is 10.2. The lowest BCUT2D eigenvalue weighted by Crippen LogP contribution is -2.40. The Morgan fingerprint density at radius 2 is 2.08 bits per heavy atom. The second-order valence-electron chi connectivity index (χ2n) is 7.48. The zero-order chi connectivity index (χ0) is 18.1. The van der Waals surface area contributed by atoms with Crippen molar-refractivity contribution in [2.75, 3.05) is 18.5 Å². The molecule has 138 valence electrons. The monoisotopic (exact) mass is 354 g/mol. The van der Waals surface area contributed by atoms with Crippen LogP contribution in [0.2, 0.25) is 0 Å². The average molecular weight is 354 g/mol. The van der Waals surface area contributed by atoms with Gasteiger partial charge in [0.2, 0.25) is 5.91 Å². The molecule has 1 amide bonds. The van der Waals surface area contributed by atoms with Gasteiger partial charge >= 0.3 is 0 Å². The number of amides is 1. The van der Waals surface area contributed by atoms with E-state index in [9.17, 15) is 4.79 Å². The van der Waals surface area contributed by atoms with Gasteiger partial charge in [-0.2, -0.15) is 0 Å². The molecule has 1 N–H and O–H groups in total. The number of aryl methyl sites for hydroxylation is 2. The summed E-state index contributed by atoms with van der Waals surface area (Å²) in [6.07, 6.45) is 11.3. The van der Waals surface area contributed by atoms with Crippen molar-refractivity contribution in [3.05, 3.63) is 23.8 Å². The fourth-order valence-corrected chi connectivity index (χ4v) is 4.00. The second kappa shape index (κ2) is 7.05. The molecule has 7 heteroatoms. The third-order valence-electron chi connectivity index (χ3n) is 5.31. The Morgan fingerprint density at radius 3 is 2.81 bits per heavy atom. The van der Waals surface area contributed by atoms with Crippen LogP contribution in [-0.2, 0) is 24.7 Å². The Kier molecular flexibility index (Phi) is 4.61. The molecule has 0 saturated heterocycles. The minimum atomic E-state index is 0.0733. The predicted molar refractivity (Wildman–Crippen MR) is 99.9 cm³/mol. The highest BCUT2D eigenvalue weighted by Crippen LogP contribution is 2.30. The molecule has 26 heavy (non-hydrogen) atoms. The van der Waals surface area contributed by atoms with Gasteiger partial charge in [-0.15, -0.1) is 0 Å². The molecule has 0 unspecified atom stereocenters. The van der Waals surface area contributed by atoms with E-state index in [1.807, 2.05) is 29.8 Å². The zero-order valence-corrected chi connectivity index (χ0v) is 15.5. The van der Waals surface area contributed by atoms with Crippen molar-refractivity contribution in [2.24, 2.45) is 7.05 Å². The molecule has 2 heterocycles. The van der Waals surface area contributed by atoms with Gasteiger partial charge in [0.25, 0.3) is 0 Å². The van der Waals surface area contributed by atoms with Crippen molar-refractivity contribution in [1.29, 1.82) is 0 Å². The number of rotatable bonds is 5. The molecule has 1 saturated carbocycles. The van der Waals surface area contributed by atoms with Crippen molar-refractivity contribution >= 4 is 11.7 Å². The highest BCUT2D eigenvalue weighted by molar-refractivity contribution is 5.81. The Hall–Kier alpha value is -2.44. The van der Waals surface area contributed by atoms with E-state index in [4.69, 9.17) is 9.97 Å². The summed E-state index contributed by atoms with van der Waals surface area (Å²) in [5, 5.41) is 3.16. The van der Waals surface area contributed by atoms with Crippen LogP contribution >= 0.6 is 0 Å². The fraction of sp³-hybridized carbons (Fsp3) is 0.579. The zero-order valence-electron chi connectivity index (χ0n) is 15.5. The molecule has 0 atom stereocenters. The van der Waals surface area contributed by atoms with E-state index in [1.165, 1.54) is 18.4 Å². The summed E-state index contributed by atoms with van der Waals surface area (Å²) in [6, 6.07) is 0.344. The Balaban J connectivity index is 1.56. The molecule has 2 aromatic heterocycles. The smallest absolute Gasteiger partial charge is 0.239 e. The predicted octanol–water partition coefficient (Wildman–Crippen LogP) is 1.86. The second-order valence-corrected chi connectivity index (χ2v) is 7.48. The maximum Gasteiger partial charge on any atom is 0.239 e. The first-order chi connectivity index (χ1) is 12.6. The molecule has 2 aromatic rings. The molecule has 7 nitrogen and oxygen atoms in total. The maximum atomic E-state index is 12.4. The van der Waals surface area contributed by atoms with E-state index >= 15 is 0 Å². The number of imidazole rings is 1. The first-order valence-corrected chi connectivity index (χ1v) is 9.49. The Bertz CT molecular complexity index is 808. The molecule has 1 fully saturated rings. The van der Waals surface area contributed by atoms with Crippen LogP contribution in [0.3, 0.4) is 0 Å². The SMILES string of the molecule is CN(CC(=O)NC1CCCC1)c1nc(-c2cn(C)cn2)nc2c1CCC2. The van der Waals surface area contributed by atoms with E-state index in [0.717, 1.165) is 49.3 Å². The number of nitrogens with one attached hydrogen (secondary N) is 1. The molecule has 2 aliphatic carbocycles. The minimum Gasteiger partial charge on any atom is -0.352 e. The van der Waals surface area contributed by atoms with E-state index < -0.39 is 0 Å². The van der Waals surface area contributed by atoms with Gasteiger partial charge < -0.3 is 14.8 Å². The molecule has 0 bridgehead atoms. The molecule has 2 aliphatic rings. The normalized spacial score (nSPS) is 16.7. The first kappa shape index (κ1) is 17.0. The fourth-order valence-electron chi connectivity index (χ4n) is 4.00. The third kappa shape index (κ3) is 3.43. The molecule has 0 radical (unpaired) electrons. The number of aromatic nitrogens is 4. The number of carbonyl (C=O) groups excluding carboxylic acids is 1. The quantitative estimate of drug-likeness (QED) is 0.887. The molecule has 0 aliphatic heterocycles. The molecular weight excluding hydrogens is 328 g/mol. The number of hydrogen-bond acceptors (Lipinski definition) is 5. The van der Waals surface area contributed by atoms with Gasteiger partial charge in [0.15, 0.2) is 5.82 Å². The van der Waals surface area contributed by atoms with Crippen LogP contribution in [0.25, 0.3) is 11.5 Å². The van der Waals surface area contributed by atoms with Crippen molar-refractivity contribution in [3.63, 3.8) is 0 Å². The summed E-state index contributed by atoms with van der Waals surface area (Å²) in [7, 11) is 3.88. The van der Waals surface area contributed by atoms with Gasteiger partial charge in [-0.1, -0.05) is 12.8 Å². The number of hydrogen-bond donors (Lipinski definition) is 1. The van der Waals surface area contributed by atoms with E-state index in [-0.39, 0.29) is 5.91 Å². The van der Waals surface area contributed by atoms with Crippen LogP contribution in [-0.4, -0.2) is 45.1 Å². The number of carbonyl (C=O) groups is 1. The minimum absolute atomic E-state index is 0.0733. The Morgan fingerprint density at radius 1 is 1.27 bits per heavy atom. The topological polar surface area (TPSA) is 75.9 Å². The molecule has 0 spiro atoms. The summed E-state index contributed by atoms with van der Waals surface area (Å²) in [5.41, 5.74) is 3.05. The van der Waals surface area contributed by atoms with Crippen LogP contribution in [0, 0.1) is 0 Å². The van der Waals surface area contributed by atoms with Crippen molar-refractivity contribution in [1.82, 2.24) is 24.8 Å². The van der Waals surface area contributed by atoms with E-state index in [2.05, 4.69) is 10.3 Å². The van der Waals surface area contributed by atoms with E-state index in [0.29, 0.717) is 18.4 Å². The third-order valence-corrected chi connectivity index (χ3v) is 5.31. The maximum absolute atomic E-state index is 12.4. The van der Waals surface area contributed by atoms with Crippen LogP contribution in [0.5, 0.6) is 0 Å². The molecule has 4 rings (SSSR count). The number of fused-ring (bicyclic) bond motifs is 1. The summed E-state index contributed by atoms with van der Waals surface area (Å²) in [6.45, 7) is 0.321. The lowest BCUT2D eigenvalue weighted by Gasteiger charge is -2.22.